The van der Waals surface area contributed by atoms with E-state index < -0.39 is 24.0 Å². The fourth-order valence-corrected chi connectivity index (χ4v) is 1.44. The van der Waals surface area contributed by atoms with Crippen molar-refractivity contribution in [2.45, 2.75) is 24.9 Å². The molecule has 0 rings (SSSR count). The van der Waals surface area contributed by atoms with Gasteiger partial charge in [-0.3, -0.25) is 9.59 Å². The van der Waals surface area contributed by atoms with Crippen molar-refractivity contribution in [3.8, 4) is 0 Å². The molecule has 0 aromatic carbocycles. The predicted octanol–water partition coefficient (Wildman–Crippen LogP) is -2.16. The Hall–Kier alpha value is -1.22. The van der Waals surface area contributed by atoms with E-state index in [-0.39, 0.29) is 39.1 Å². The maximum absolute atomic E-state index is 10.8. The van der Waals surface area contributed by atoms with Crippen LogP contribution in [-0.2, 0) is 9.59 Å². The fourth-order valence-electron chi connectivity index (χ4n) is 1.44. The molecule has 106 valence electrons. The van der Waals surface area contributed by atoms with Crippen LogP contribution in [0.5, 0.6) is 0 Å². The summed E-state index contributed by atoms with van der Waals surface area (Å²) < 4.78 is 0. The highest BCUT2D eigenvalue weighted by Gasteiger charge is 2.22. The Labute approximate surface area is 105 Å². The van der Waals surface area contributed by atoms with Crippen LogP contribution in [0.2, 0.25) is 0 Å². The van der Waals surface area contributed by atoms with Crippen molar-refractivity contribution in [3.05, 3.63) is 0 Å². The number of aliphatic hydroxyl groups excluding tert-OH is 2. The van der Waals surface area contributed by atoms with Gasteiger partial charge < -0.3 is 31.1 Å². The second-order valence-corrected chi connectivity index (χ2v) is 3.71. The van der Waals surface area contributed by atoms with Crippen LogP contribution in [0.15, 0.2) is 0 Å². The molecule has 0 radical (unpaired) electrons. The second kappa shape index (κ2) is 9.77. The lowest BCUT2D eigenvalue weighted by molar-refractivity contribution is -0.142. The molecule has 0 aliphatic carbocycles. The SMILES string of the molecule is O=C(O)C(CCC(NCCO)C(=O)O)NCCO. The van der Waals surface area contributed by atoms with E-state index >= 15 is 0 Å². The molecule has 0 bridgehead atoms. The number of aliphatic carboxylic acids is 2. The molecule has 0 heterocycles. The smallest absolute Gasteiger partial charge is 0.320 e. The zero-order valence-electron chi connectivity index (χ0n) is 10.0. The first-order valence-electron chi connectivity index (χ1n) is 5.67. The van der Waals surface area contributed by atoms with Crippen LogP contribution in [0, 0.1) is 0 Å². The Morgan fingerprint density at radius 1 is 0.833 bits per heavy atom. The van der Waals surface area contributed by atoms with E-state index in [1.54, 1.807) is 0 Å². The van der Waals surface area contributed by atoms with Gasteiger partial charge in [0.15, 0.2) is 0 Å². The van der Waals surface area contributed by atoms with E-state index in [1.807, 2.05) is 0 Å². The molecular weight excluding hydrogens is 244 g/mol. The monoisotopic (exact) mass is 264 g/mol. The summed E-state index contributed by atoms with van der Waals surface area (Å²) in [5.74, 6) is -2.18. The van der Waals surface area contributed by atoms with Crippen LogP contribution in [0.4, 0.5) is 0 Å². The van der Waals surface area contributed by atoms with E-state index in [9.17, 15) is 9.59 Å². The molecule has 2 atom stereocenters. The van der Waals surface area contributed by atoms with E-state index in [0.29, 0.717) is 0 Å². The van der Waals surface area contributed by atoms with Crippen LogP contribution in [0.1, 0.15) is 12.8 Å². The van der Waals surface area contributed by atoms with Crippen molar-refractivity contribution in [2.75, 3.05) is 26.3 Å². The van der Waals surface area contributed by atoms with Gasteiger partial charge in [0.05, 0.1) is 13.2 Å². The number of nitrogens with one attached hydrogen (secondary N) is 2. The van der Waals surface area contributed by atoms with Crippen LogP contribution >= 0.6 is 0 Å². The van der Waals surface area contributed by atoms with Gasteiger partial charge in [-0.05, 0) is 12.8 Å². The van der Waals surface area contributed by atoms with E-state index in [2.05, 4.69) is 10.6 Å². The summed E-state index contributed by atoms with van der Waals surface area (Å²) in [5.41, 5.74) is 0. The van der Waals surface area contributed by atoms with Crippen molar-refractivity contribution in [3.63, 3.8) is 0 Å². The Morgan fingerprint density at radius 3 is 1.39 bits per heavy atom. The van der Waals surface area contributed by atoms with Gasteiger partial charge in [0, 0.05) is 13.1 Å². The molecule has 0 aromatic rings. The molecule has 0 aromatic heterocycles. The van der Waals surface area contributed by atoms with Crippen LogP contribution < -0.4 is 10.6 Å². The minimum absolute atomic E-state index is 0.116. The van der Waals surface area contributed by atoms with Gasteiger partial charge in [0.25, 0.3) is 0 Å². The molecular formula is C10H20N2O6. The van der Waals surface area contributed by atoms with Gasteiger partial charge in [0.1, 0.15) is 12.1 Å². The first-order valence-corrected chi connectivity index (χ1v) is 5.67. The van der Waals surface area contributed by atoms with Gasteiger partial charge in [0.2, 0.25) is 0 Å². The third-order valence-electron chi connectivity index (χ3n) is 2.35. The minimum Gasteiger partial charge on any atom is -0.480 e. The lowest BCUT2D eigenvalue weighted by atomic mass is 10.1. The lowest BCUT2D eigenvalue weighted by Gasteiger charge is -2.17. The molecule has 8 heteroatoms. The summed E-state index contributed by atoms with van der Waals surface area (Å²) in [4.78, 5) is 21.7. The Balaban J connectivity index is 4.18. The first kappa shape index (κ1) is 16.8. The number of hydrogen-bond acceptors (Lipinski definition) is 6. The highest BCUT2D eigenvalue weighted by atomic mass is 16.4. The molecule has 0 spiro atoms. The highest BCUT2D eigenvalue weighted by Crippen LogP contribution is 2.03. The molecule has 0 fully saturated rings. The van der Waals surface area contributed by atoms with Crippen molar-refractivity contribution in [1.29, 1.82) is 0 Å². The standard InChI is InChI=1S/C10H20N2O6/c13-5-3-11-7(9(15)16)1-2-8(10(17)18)12-4-6-14/h7-8,11-14H,1-6H2,(H,15,16)(H,17,18). The summed E-state index contributed by atoms with van der Waals surface area (Å²) >= 11 is 0. The van der Waals surface area contributed by atoms with E-state index in [1.165, 1.54) is 0 Å². The van der Waals surface area contributed by atoms with Crippen molar-refractivity contribution in [2.24, 2.45) is 0 Å². The topological polar surface area (TPSA) is 139 Å². The molecule has 6 N–H and O–H groups in total. The largest absolute Gasteiger partial charge is 0.480 e. The van der Waals surface area contributed by atoms with Gasteiger partial charge in [-0.2, -0.15) is 0 Å². The van der Waals surface area contributed by atoms with Crippen molar-refractivity contribution >= 4 is 11.9 Å². The third kappa shape index (κ3) is 7.17. The quantitative estimate of drug-likeness (QED) is 0.248. The predicted molar refractivity (Wildman–Crippen MR) is 62.3 cm³/mol. The number of carboxylic acids is 2. The highest BCUT2D eigenvalue weighted by molar-refractivity contribution is 5.75. The minimum atomic E-state index is -1.09. The molecule has 0 aliphatic rings. The zero-order chi connectivity index (χ0) is 14.0. The summed E-state index contributed by atoms with van der Waals surface area (Å²) in [7, 11) is 0. The number of carbonyl (C=O) groups is 2. The first-order chi connectivity index (χ1) is 8.52. The Bertz CT molecular complexity index is 235. The van der Waals surface area contributed by atoms with Gasteiger partial charge >= 0.3 is 11.9 Å². The molecule has 0 saturated carbocycles. The second-order valence-electron chi connectivity index (χ2n) is 3.71. The number of carboxylic acid groups (broad SMARTS) is 2. The van der Waals surface area contributed by atoms with Gasteiger partial charge in [-0.15, -0.1) is 0 Å². The van der Waals surface area contributed by atoms with Gasteiger partial charge in [-0.25, -0.2) is 0 Å². The average Bonchev–Trinajstić information content (AvgIpc) is 2.31. The number of aliphatic hydroxyl groups is 2. The van der Waals surface area contributed by atoms with Gasteiger partial charge in [-0.1, -0.05) is 0 Å². The molecule has 8 nitrogen and oxygen atoms in total. The van der Waals surface area contributed by atoms with Crippen LogP contribution in [-0.4, -0.2) is 70.8 Å². The van der Waals surface area contributed by atoms with Crippen molar-refractivity contribution in [1.82, 2.24) is 10.6 Å². The van der Waals surface area contributed by atoms with E-state index in [4.69, 9.17) is 20.4 Å². The Morgan fingerprint density at radius 2 is 1.17 bits per heavy atom. The maximum atomic E-state index is 10.8. The third-order valence-corrected chi connectivity index (χ3v) is 2.35. The normalized spacial score (nSPS) is 14.1. The number of rotatable bonds is 11. The summed E-state index contributed by atoms with van der Waals surface area (Å²) in [6.07, 6.45) is 0.232. The summed E-state index contributed by atoms with van der Waals surface area (Å²) in [6.45, 7) is -0.0959. The van der Waals surface area contributed by atoms with Crippen LogP contribution in [0.3, 0.4) is 0 Å². The zero-order valence-corrected chi connectivity index (χ0v) is 10.0. The molecule has 0 amide bonds. The average molecular weight is 264 g/mol. The molecule has 18 heavy (non-hydrogen) atoms. The van der Waals surface area contributed by atoms with Crippen molar-refractivity contribution < 1.29 is 30.0 Å². The summed E-state index contributed by atoms with van der Waals surface area (Å²) in [5, 5.41) is 40.1. The summed E-state index contributed by atoms with van der Waals surface area (Å²) in [6, 6.07) is -1.79. The maximum Gasteiger partial charge on any atom is 0.320 e. The lowest BCUT2D eigenvalue weighted by Crippen LogP contribution is -2.43. The molecule has 0 saturated heterocycles. The molecule has 0 aliphatic heterocycles. The molecule has 2 unspecified atom stereocenters. The van der Waals surface area contributed by atoms with E-state index in [0.717, 1.165) is 0 Å². The Kier molecular flexibility index (Phi) is 9.11. The van der Waals surface area contributed by atoms with Crippen LogP contribution in [0.25, 0.3) is 0 Å². The number of hydrogen-bond donors (Lipinski definition) is 6. The fraction of sp³-hybridized carbons (Fsp3) is 0.800.